The molecule has 2 aromatic rings. The lowest BCUT2D eigenvalue weighted by Crippen LogP contribution is -2.21. The lowest BCUT2D eigenvalue weighted by molar-refractivity contribution is -0.113. The summed E-state index contributed by atoms with van der Waals surface area (Å²) in [5.41, 5.74) is 3.79. The highest BCUT2D eigenvalue weighted by Crippen LogP contribution is 2.28. The Morgan fingerprint density at radius 1 is 1.12 bits per heavy atom. The van der Waals surface area contributed by atoms with Crippen LogP contribution < -0.4 is 10.2 Å². The molecule has 5 heteroatoms. The summed E-state index contributed by atoms with van der Waals surface area (Å²) in [6, 6.07) is 17.6. The molecule has 1 saturated heterocycles. The normalized spacial score (nSPS) is 13.5. The highest BCUT2D eigenvalue weighted by molar-refractivity contribution is 7.99. The molecule has 1 fully saturated rings. The Balaban J connectivity index is 1.51. The molecule has 1 aliphatic rings. The third kappa shape index (κ3) is 4.77. The Hall–Kier alpha value is -2.45. The van der Waals surface area contributed by atoms with E-state index in [0.717, 1.165) is 35.8 Å². The Labute approximate surface area is 152 Å². The van der Waals surface area contributed by atoms with Gasteiger partial charge in [0.15, 0.2) is 0 Å². The summed E-state index contributed by atoms with van der Waals surface area (Å²) in [5, 5.41) is 11.9. The lowest BCUT2D eigenvalue weighted by Gasteiger charge is -2.21. The molecule has 128 valence electrons. The van der Waals surface area contributed by atoms with Crippen LogP contribution in [0.15, 0.2) is 48.5 Å². The molecule has 1 N–H and O–H groups in total. The molecular formula is C20H21N3OS. The van der Waals surface area contributed by atoms with Gasteiger partial charge in [0.05, 0.1) is 28.8 Å². The van der Waals surface area contributed by atoms with Crippen molar-refractivity contribution in [2.75, 3.05) is 29.1 Å². The van der Waals surface area contributed by atoms with E-state index in [9.17, 15) is 4.79 Å². The van der Waals surface area contributed by atoms with Gasteiger partial charge in [-0.15, -0.1) is 11.8 Å². The minimum Gasteiger partial charge on any atom is -0.370 e. The number of carbonyl (C=O) groups excluding carboxylic acids is 1. The number of nitriles is 1. The van der Waals surface area contributed by atoms with Crippen molar-refractivity contribution in [1.29, 1.82) is 5.26 Å². The third-order valence-corrected chi connectivity index (χ3v) is 5.21. The van der Waals surface area contributed by atoms with Gasteiger partial charge in [-0.2, -0.15) is 5.26 Å². The number of nitrogens with zero attached hydrogens (tertiary/aromatic N) is 2. The monoisotopic (exact) mass is 351 g/mol. The van der Waals surface area contributed by atoms with Crippen LogP contribution in [0.3, 0.4) is 0 Å². The van der Waals surface area contributed by atoms with E-state index in [0.29, 0.717) is 11.3 Å². The summed E-state index contributed by atoms with van der Waals surface area (Å²) in [7, 11) is 0. The lowest BCUT2D eigenvalue weighted by atomic mass is 10.2. The van der Waals surface area contributed by atoms with Crippen LogP contribution in [0, 0.1) is 11.3 Å². The van der Waals surface area contributed by atoms with Crippen molar-refractivity contribution in [3.8, 4) is 6.07 Å². The molecule has 0 aliphatic carbocycles. The maximum atomic E-state index is 12.3. The zero-order chi connectivity index (χ0) is 17.5. The van der Waals surface area contributed by atoms with E-state index in [1.807, 2.05) is 42.5 Å². The summed E-state index contributed by atoms with van der Waals surface area (Å²) in [4.78, 5) is 14.6. The number of para-hydroxylation sites is 2. The maximum Gasteiger partial charge on any atom is 0.234 e. The van der Waals surface area contributed by atoms with Crippen LogP contribution in [0.5, 0.6) is 0 Å². The van der Waals surface area contributed by atoms with Gasteiger partial charge < -0.3 is 10.2 Å². The zero-order valence-corrected chi connectivity index (χ0v) is 14.9. The van der Waals surface area contributed by atoms with Crippen molar-refractivity contribution in [2.45, 2.75) is 18.6 Å². The summed E-state index contributed by atoms with van der Waals surface area (Å²) < 4.78 is 0. The molecule has 0 spiro atoms. The van der Waals surface area contributed by atoms with Gasteiger partial charge in [-0.1, -0.05) is 24.3 Å². The molecule has 1 aliphatic heterocycles. The van der Waals surface area contributed by atoms with Gasteiger partial charge in [-0.05, 0) is 42.7 Å². The molecule has 0 radical (unpaired) electrons. The number of hydrogen-bond donors (Lipinski definition) is 1. The van der Waals surface area contributed by atoms with Gasteiger partial charge in [0.1, 0.15) is 0 Å². The van der Waals surface area contributed by atoms with Gasteiger partial charge >= 0.3 is 0 Å². The maximum absolute atomic E-state index is 12.3. The van der Waals surface area contributed by atoms with E-state index in [1.54, 1.807) is 11.8 Å². The van der Waals surface area contributed by atoms with E-state index >= 15 is 0 Å². The number of anilines is 2. The Kier molecular flexibility index (Phi) is 5.97. The topological polar surface area (TPSA) is 56.1 Å². The largest absolute Gasteiger partial charge is 0.370 e. The number of rotatable bonds is 6. The molecule has 0 unspecified atom stereocenters. The molecular weight excluding hydrogens is 330 g/mol. The highest BCUT2D eigenvalue weighted by atomic mass is 32.2. The van der Waals surface area contributed by atoms with E-state index in [2.05, 4.69) is 22.4 Å². The molecule has 4 nitrogen and oxygen atoms in total. The van der Waals surface area contributed by atoms with Gasteiger partial charge in [-0.25, -0.2) is 0 Å². The van der Waals surface area contributed by atoms with Gasteiger partial charge in [0, 0.05) is 18.8 Å². The molecule has 1 amide bonds. The summed E-state index contributed by atoms with van der Waals surface area (Å²) in [6.07, 6.45) is 2.42. The van der Waals surface area contributed by atoms with Crippen molar-refractivity contribution < 1.29 is 4.79 Å². The summed E-state index contributed by atoms with van der Waals surface area (Å²) >= 11 is 1.58. The number of amides is 1. The molecule has 0 atom stereocenters. The molecule has 0 saturated carbocycles. The van der Waals surface area contributed by atoms with Crippen LogP contribution in [0.1, 0.15) is 24.0 Å². The van der Waals surface area contributed by atoms with E-state index in [-0.39, 0.29) is 5.91 Å². The average Bonchev–Trinajstić information content (AvgIpc) is 3.17. The Morgan fingerprint density at radius 2 is 1.84 bits per heavy atom. The number of carbonyl (C=O) groups is 1. The van der Waals surface area contributed by atoms with Crippen molar-refractivity contribution in [3.05, 3.63) is 59.7 Å². The van der Waals surface area contributed by atoms with Gasteiger partial charge in [0.2, 0.25) is 5.91 Å². The number of nitrogens with one attached hydrogen (secondary N) is 1. The number of hydrogen-bond acceptors (Lipinski definition) is 4. The third-order valence-electron chi connectivity index (χ3n) is 4.21. The minimum absolute atomic E-state index is 0.0188. The van der Waals surface area contributed by atoms with Crippen molar-refractivity contribution in [1.82, 2.24) is 0 Å². The molecule has 25 heavy (non-hydrogen) atoms. The van der Waals surface area contributed by atoms with E-state index in [1.165, 1.54) is 12.8 Å². The van der Waals surface area contributed by atoms with Crippen LogP contribution >= 0.6 is 11.8 Å². The van der Waals surface area contributed by atoms with E-state index < -0.39 is 0 Å². The second-order valence-corrected chi connectivity index (χ2v) is 7.05. The fraction of sp³-hybridized carbons (Fsp3) is 0.300. The smallest absolute Gasteiger partial charge is 0.234 e. The molecule has 0 aromatic heterocycles. The SMILES string of the molecule is N#Cc1ccc(CSCC(=O)Nc2ccccc2N2CCCC2)cc1. The fourth-order valence-electron chi connectivity index (χ4n) is 2.94. The van der Waals surface area contributed by atoms with Gasteiger partial charge in [0.25, 0.3) is 0 Å². The predicted molar refractivity (Wildman–Crippen MR) is 104 cm³/mol. The number of thioether (sulfide) groups is 1. The molecule has 2 aromatic carbocycles. The zero-order valence-electron chi connectivity index (χ0n) is 14.1. The first-order chi connectivity index (χ1) is 12.3. The van der Waals surface area contributed by atoms with Crippen LogP contribution in [0.25, 0.3) is 0 Å². The first-order valence-electron chi connectivity index (χ1n) is 8.47. The van der Waals surface area contributed by atoms with Gasteiger partial charge in [-0.3, -0.25) is 4.79 Å². The molecule has 0 bridgehead atoms. The predicted octanol–water partition coefficient (Wildman–Crippen LogP) is 4.03. The average molecular weight is 351 g/mol. The van der Waals surface area contributed by atoms with Crippen LogP contribution in [-0.4, -0.2) is 24.7 Å². The van der Waals surface area contributed by atoms with E-state index in [4.69, 9.17) is 5.26 Å². The summed E-state index contributed by atoms with van der Waals surface area (Å²) in [6.45, 7) is 2.11. The highest BCUT2D eigenvalue weighted by Gasteiger charge is 2.16. The second-order valence-electron chi connectivity index (χ2n) is 6.06. The van der Waals surface area contributed by atoms with Crippen LogP contribution in [0.4, 0.5) is 11.4 Å². The first-order valence-corrected chi connectivity index (χ1v) is 9.62. The Bertz CT molecular complexity index is 761. The molecule has 3 rings (SSSR count). The standard InChI is InChI=1S/C20H21N3OS/c21-13-16-7-9-17(10-8-16)14-25-15-20(24)22-18-5-1-2-6-19(18)23-11-3-4-12-23/h1-2,5-10H,3-4,11-12,14-15H2,(H,22,24). The fourth-order valence-corrected chi connectivity index (χ4v) is 3.72. The van der Waals surface area contributed by atoms with Crippen molar-refractivity contribution in [3.63, 3.8) is 0 Å². The Morgan fingerprint density at radius 3 is 2.56 bits per heavy atom. The van der Waals surface area contributed by atoms with Crippen LogP contribution in [-0.2, 0) is 10.5 Å². The first kappa shape index (κ1) is 17.4. The minimum atomic E-state index is 0.0188. The molecule has 1 heterocycles. The summed E-state index contributed by atoms with van der Waals surface area (Å²) in [5.74, 6) is 1.19. The number of benzene rings is 2. The second kappa shape index (κ2) is 8.59. The van der Waals surface area contributed by atoms with Crippen LogP contribution in [0.2, 0.25) is 0 Å². The van der Waals surface area contributed by atoms with Crippen molar-refractivity contribution >= 4 is 29.0 Å². The quantitative estimate of drug-likeness (QED) is 0.854. The van der Waals surface area contributed by atoms with Crippen molar-refractivity contribution in [2.24, 2.45) is 0 Å².